The van der Waals surface area contributed by atoms with Crippen LogP contribution in [0.3, 0.4) is 0 Å². The van der Waals surface area contributed by atoms with Gasteiger partial charge in [0.2, 0.25) is 0 Å². The van der Waals surface area contributed by atoms with Gasteiger partial charge >= 0.3 is 5.97 Å². The molecule has 3 nitrogen and oxygen atoms in total. The predicted octanol–water partition coefficient (Wildman–Crippen LogP) is 3.20. The molecule has 0 saturated carbocycles. The Balaban J connectivity index is 3.17. The summed E-state index contributed by atoms with van der Waals surface area (Å²) in [5.41, 5.74) is 1.53. The molecule has 1 aliphatic carbocycles. The number of rotatable bonds is 3. The van der Waals surface area contributed by atoms with Gasteiger partial charge in [-0.1, -0.05) is 19.9 Å². The monoisotopic (exact) mass is 250 g/mol. The summed E-state index contributed by atoms with van der Waals surface area (Å²) in [6, 6.07) is 0. The Morgan fingerprint density at radius 2 is 2.00 bits per heavy atom. The normalized spacial score (nSPS) is 23.3. The molecule has 0 amide bonds. The number of esters is 1. The van der Waals surface area contributed by atoms with Crippen molar-refractivity contribution in [3.8, 4) is 0 Å². The van der Waals surface area contributed by atoms with E-state index in [2.05, 4.69) is 13.8 Å². The SMILES string of the molecule is C/C=C/C(=O)C1=C(C)[C@@H](OC(C)=O)CCC1(C)C. The van der Waals surface area contributed by atoms with E-state index < -0.39 is 0 Å². The molecule has 0 aliphatic heterocycles. The van der Waals surface area contributed by atoms with Crippen LogP contribution in [0.4, 0.5) is 0 Å². The van der Waals surface area contributed by atoms with E-state index >= 15 is 0 Å². The van der Waals surface area contributed by atoms with Gasteiger partial charge < -0.3 is 4.74 Å². The first-order chi connectivity index (χ1) is 8.29. The number of carbonyl (C=O) groups is 2. The molecule has 0 aromatic rings. The lowest BCUT2D eigenvalue weighted by atomic mass is 9.70. The van der Waals surface area contributed by atoms with Gasteiger partial charge in [0, 0.05) is 12.5 Å². The molecule has 1 atom stereocenters. The van der Waals surface area contributed by atoms with Crippen LogP contribution in [-0.2, 0) is 14.3 Å². The molecule has 0 bridgehead atoms. The highest BCUT2D eigenvalue weighted by atomic mass is 16.5. The molecular formula is C15H22O3. The topological polar surface area (TPSA) is 43.4 Å². The number of carbonyl (C=O) groups excluding carboxylic acids is 2. The first-order valence-electron chi connectivity index (χ1n) is 6.35. The highest BCUT2D eigenvalue weighted by molar-refractivity contribution is 6.05. The Kier molecular flexibility index (Phi) is 4.49. The highest BCUT2D eigenvalue weighted by Gasteiger charge is 2.37. The third kappa shape index (κ3) is 3.09. The standard InChI is InChI=1S/C15H22O3/c1-6-7-12(17)14-10(2)13(18-11(3)16)8-9-15(14,4)5/h6-7,13H,8-9H2,1-5H3/b7-6+/t13-/m0/s1. The fourth-order valence-corrected chi connectivity index (χ4v) is 2.64. The summed E-state index contributed by atoms with van der Waals surface area (Å²) in [4.78, 5) is 23.2. The fraction of sp³-hybridized carbons (Fsp3) is 0.600. The molecule has 18 heavy (non-hydrogen) atoms. The predicted molar refractivity (Wildman–Crippen MR) is 71.1 cm³/mol. The van der Waals surface area contributed by atoms with E-state index in [0.29, 0.717) is 0 Å². The molecule has 0 radical (unpaired) electrons. The molecule has 0 heterocycles. The van der Waals surface area contributed by atoms with Gasteiger partial charge in [0.25, 0.3) is 0 Å². The van der Waals surface area contributed by atoms with Crippen LogP contribution in [0.25, 0.3) is 0 Å². The van der Waals surface area contributed by atoms with Crippen molar-refractivity contribution in [3.05, 3.63) is 23.3 Å². The number of ether oxygens (including phenoxy) is 1. The molecular weight excluding hydrogens is 228 g/mol. The third-order valence-electron chi connectivity index (χ3n) is 3.46. The minimum atomic E-state index is -0.295. The second-order valence-electron chi connectivity index (χ2n) is 5.44. The molecule has 3 heteroatoms. The zero-order valence-corrected chi connectivity index (χ0v) is 11.9. The van der Waals surface area contributed by atoms with Gasteiger partial charge in [0.05, 0.1) is 0 Å². The molecule has 0 unspecified atom stereocenters. The Morgan fingerprint density at radius 1 is 1.39 bits per heavy atom. The smallest absolute Gasteiger partial charge is 0.303 e. The van der Waals surface area contributed by atoms with Crippen molar-refractivity contribution in [2.24, 2.45) is 5.41 Å². The van der Waals surface area contributed by atoms with Gasteiger partial charge in [0.1, 0.15) is 6.10 Å². The van der Waals surface area contributed by atoms with Gasteiger partial charge in [-0.05, 0) is 43.8 Å². The van der Waals surface area contributed by atoms with Crippen molar-refractivity contribution < 1.29 is 14.3 Å². The zero-order chi connectivity index (χ0) is 13.9. The van der Waals surface area contributed by atoms with Crippen LogP contribution < -0.4 is 0 Å². The summed E-state index contributed by atoms with van der Waals surface area (Å²) in [6.45, 7) is 9.26. The average molecular weight is 250 g/mol. The highest BCUT2D eigenvalue weighted by Crippen LogP contribution is 2.41. The van der Waals surface area contributed by atoms with E-state index in [0.717, 1.165) is 24.0 Å². The largest absolute Gasteiger partial charge is 0.458 e. The van der Waals surface area contributed by atoms with Crippen LogP contribution in [0.2, 0.25) is 0 Å². The average Bonchev–Trinajstić information content (AvgIpc) is 2.22. The van der Waals surface area contributed by atoms with Crippen molar-refractivity contribution in [1.82, 2.24) is 0 Å². The first kappa shape index (κ1) is 14.7. The number of hydrogen-bond acceptors (Lipinski definition) is 3. The van der Waals surface area contributed by atoms with E-state index in [1.807, 2.05) is 13.8 Å². The van der Waals surface area contributed by atoms with E-state index in [1.54, 1.807) is 12.2 Å². The van der Waals surface area contributed by atoms with Gasteiger partial charge in [-0.3, -0.25) is 9.59 Å². The van der Waals surface area contributed by atoms with E-state index in [1.165, 1.54) is 6.92 Å². The lowest BCUT2D eigenvalue weighted by molar-refractivity contribution is -0.145. The molecule has 1 aliphatic rings. The summed E-state index contributed by atoms with van der Waals surface area (Å²) in [5.74, 6) is -0.270. The van der Waals surface area contributed by atoms with Crippen molar-refractivity contribution in [1.29, 1.82) is 0 Å². The Labute approximate surface area is 109 Å². The van der Waals surface area contributed by atoms with Gasteiger partial charge in [0.15, 0.2) is 5.78 Å². The van der Waals surface area contributed by atoms with Crippen LogP contribution in [0, 0.1) is 5.41 Å². The van der Waals surface area contributed by atoms with Crippen LogP contribution in [0.1, 0.15) is 47.5 Å². The summed E-state index contributed by atoms with van der Waals surface area (Å²) >= 11 is 0. The summed E-state index contributed by atoms with van der Waals surface area (Å²) in [7, 11) is 0. The quantitative estimate of drug-likeness (QED) is 0.570. The molecule has 0 saturated heterocycles. The zero-order valence-electron chi connectivity index (χ0n) is 11.9. The second-order valence-corrected chi connectivity index (χ2v) is 5.44. The summed E-state index contributed by atoms with van der Waals surface area (Å²) < 4.78 is 5.28. The molecule has 100 valence electrons. The minimum absolute atomic E-state index is 0.0249. The lowest BCUT2D eigenvalue weighted by Crippen LogP contribution is -2.33. The van der Waals surface area contributed by atoms with E-state index in [9.17, 15) is 9.59 Å². The molecule has 0 spiro atoms. The van der Waals surface area contributed by atoms with Crippen LogP contribution >= 0.6 is 0 Å². The van der Waals surface area contributed by atoms with Crippen LogP contribution in [0.5, 0.6) is 0 Å². The second kappa shape index (κ2) is 5.51. The fourth-order valence-electron chi connectivity index (χ4n) is 2.64. The molecule has 1 rings (SSSR count). The molecule has 0 N–H and O–H groups in total. The van der Waals surface area contributed by atoms with E-state index in [4.69, 9.17) is 4.74 Å². The van der Waals surface area contributed by atoms with E-state index in [-0.39, 0.29) is 23.3 Å². The summed E-state index contributed by atoms with van der Waals surface area (Å²) in [5, 5.41) is 0. The van der Waals surface area contributed by atoms with Crippen molar-refractivity contribution in [2.45, 2.75) is 53.6 Å². The van der Waals surface area contributed by atoms with Gasteiger partial charge in [-0.25, -0.2) is 0 Å². The first-order valence-corrected chi connectivity index (χ1v) is 6.35. The molecule has 0 aromatic heterocycles. The lowest BCUT2D eigenvalue weighted by Gasteiger charge is -2.36. The third-order valence-corrected chi connectivity index (χ3v) is 3.46. The Bertz CT molecular complexity index is 413. The molecule has 0 aromatic carbocycles. The van der Waals surface area contributed by atoms with Gasteiger partial charge in [-0.15, -0.1) is 0 Å². The van der Waals surface area contributed by atoms with Crippen molar-refractivity contribution in [2.75, 3.05) is 0 Å². The Morgan fingerprint density at radius 3 is 2.50 bits per heavy atom. The molecule has 0 fully saturated rings. The van der Waals surface area contributed by atoms with Crippen LogP contribution in [-0.4, -0.2) is 17.9 Å². The number of hydrogen-bond donors (Lipinski definition) is 0. The maximum atomic E-state index is 12.2. The Hall–Kier alpha value is -1.38. The van der Waals surface area contributed by atoms with Crippen molar-refractivity contribution in [3.63, 3.8) is 0 Å². The maximum Gasteiger partial charge on any atom is 0.303 e. The summed E-state index contributed by atoms with van der Waals surface area (Å²) in [6.07, 6.45) is 4.70. The number of ketones is 1. The van der Waals surface area contributed by atoms with Crippen LogP contribution in [0.15, 0.2) is 23.3 Å². The van der Waals surface area contributed by atoms with Gasteiger partial charge in [-0.2, -0.15) is 0 Å². The minimum Gasteiger partial charge on any atom is -0.458 e. The van der Waals surface area contributed by atoms with Crippen molar-refractivity contribution >= 4 is 11.8 Å². The maximum absolute atomic E-state index is 12.2. The number of allylic oxidation sites excluding steroid dienone is 3.